The first kappa shape index (κ1) is 16.1. The summed E-state index contributed by atoms with van der Waals surface area (Å²) in [4.78, 5) is 24.5. The van der Waals surface area contributed by atoms with Crippen molar-refractivity contribution in [2.24, 2.45) is 0 Å². The van der Waals surface area contributed by atoms with Gasteiger partial charge in [-0.3, -0.25) is 4.79 Å². The first-order chi connectivity index (χ1) is 10.6. The summed E-state index contributed by atoms with van der Waals surface area (Å²) in [5, 5.41) is 11.4. The van der Waals surface area contributed by atoms with Crippen molar-refractivity contribution in [3.05, 3.63) is 29.8 Å². The van der Waals surface area contributed by atoms with Crippen LogP contribution >= 0.6 is 0 Å². The number of amides is 2. The molecule has 120 valence electrons. The molecule has 1 aromatic carbocycles. The van der Waals surface area contributed by atoms with Gasteiger partial charge in [-0.05, 0) is 37.0 Å². The van der Waals surface area contributed by atoms with E-state index in [9.17, 15) is 9.59 Å². The van der Waals surface area contributed by atoms with Gasteiger partial charge in [-0.2, -0.15) is 0 Å². The molecule has 0 radical (unpaired) electrons. The lowest BCUT2D eigenvalue weighted by molar-refractivity contribution is -0.137. The molecule has 1 saturated heterocycles. The molecule has 2 amide bonds. The average Bonchev–Trinajstić information content (AvgIpc) is 3.01. The number of likely N-dealkylation sites (tertiary alicyclic amines) is 1. The van der Waals surface area contributed by atoms with Crippen molar-refractivity contribution in [1.82, 2.24) is 10.2 Å². The largest absolute Gasteiger partial charge is 0.497 e. The monoisotopic (exact) mass is 306 g/mol. The molecule has 1 aliphatic rings. The molecule has 22 heavy (non-hydrogen) atoms. The van der Waals surface area contributed by atoms with Crippen LogP contribution < -0.4 is 10.1 Å². The van der Waals surface area contributed by atoms with Gasteiger partial charge in [0.1, 0.15) is 5.75 Å². The minimum absolute atomic E-state index is 0.0716. The number of carbonyl (C=O) groups excluding carboxylic acids is 1. The smallest absolute Gasteiger partial charge is 0.317 e. The van der Waals surface area contributed by atoms with Gasteiger partial charge < -0.3 is 20.1 Å². The number of carboxylic acid groups (broad SMARTS) is 1. The molecule has 0 aromatic heterocycles. The second kappa shape index (κ2) is 7.68. The normalized spacial score (nSPS) is 17.3. The molecule has 0 bridgehead atoms. The topological polar surface area (TPSA) is 78.9 Å². The summed E-state index contributed by atoms with van der Waals surface area (Å²) in [5.74, 6) is -0.0436. The fourth-order valence-electron chi connectivity index (χ4n) is 2.72. The van der Waals surface area contributed by atoms with E-state index in [1.54, 1.807) is 7.11 Å². The lowest BCUT2D eigenvalue weighted by atomic mass is 10.0. The SMILES string of the molecule is COc1ccc(C2CCCN2C(=O)NCCCC(=O)O)cc1. The zero-order chi connectivity index (χ0) is 15.9. The Morgan fingerprint density at radius 2 is 2.09 bits per heavy atom. The van der Waals surface area contributed by atoms with Crippen LogP contribution in [-0.2, 0) is 4.79 Å². The van der Waals surface area contributed by atoms with Crippen molar-refractivity contribution >= 4 is 12.0 Å². The van der Waals surface area contributed by atoms with E-state index in [2.05, 4.69) is 5.32 Å². The van der Waals surface area contributed by atoms with Gasteiger partial charge in [-0.25, -0.2) is 4.79 Å². The summed E-state index contributed by atoms with van der Waals surface area (Å²) in [6.45, 7) is 1.11. The van der Waals surface area contributed by atoms with E-state index in [4.69, 9.17) is 9.84 Å². The summed E-state index contributed by atoms with van der Waals surface area (Å²) >= 11 is 0. The highest BCUT2D eigenvalue weighted by Gasteiger charge is 2.29. The van der Waals surface area contributed by atoms with Gasteiger partial charge in [0.05, 0.1) is 13.2 Å². The Labute approximate surface area is 130 Å². The number of benzene rings is 1. The third-order valence-corrected chi connectivity index (χ3v) is 3.86. The summed E-state index contributed by atoms with van der Waals surface area (Å²) in [6.07, 6.45) is 2.43. The molecule has 1 unspecified atom stereocenters. The summed E-state index contributed by atoms with van der Waals surface area (Å²) in [7, 11) is 1.63. The first-order valence-electron chi connectivity index (χ1n) is 7.52. The Morgan fingerprint density at radius 1 is 1.36 bits per heavy atom. The number of nitrogens with one attached hydrogen (secondary N) is 1. The van der Waals surface area contributed by atoms with Crippen LogP contribution in [-0.4, -0.2) is 42.2 Å². The zero-order valence-corrected chi connectivity index (χ0v) is 12.7. The van der Waals surface area contributed by atoms with Crippen LogP contribution in [0.5, 0.6) is 5.75 Å². The van der Waals surface area contributed by atoms with Gasteiger partial charge in [0.2, 0.25) is 0 Å². The van der Waals surface area contributed by atoms with E-state index >= 15 is 0 Å². The van der Waals surface area contributed by atoms with E-state index < -0.39 is 5.97 Å². The number of ether oxygens (including phenoxy) is 1. The number of aliphatic carboxylic acids is 1. The second-order valence-electron chi connectivity index (χ2n) is 5.35. The van der Waals surface area contributed by atoms with E-state index in [1.165, 1.54) is 0 Å². The fourth-order valence-corrected chi connectivity index (χ4v) is 2.72. The quantitative estimate of drug-likeness (QED) is 0.791. The first-order valence-corrected chi connectivity index (χ1v) is 7.52. The molecular weight excluding hydrogens is 284 g/mol. The van der Waals surface area contributed by atoms with Crippen LogP contribution in [0.25, 0.3) is 0 Å². The molecule has 1 aromatic rings. The Kier molecular flexibility index (Phi) is 5.63. The third-order valence-electron chi connectivity index (χ3n) is 3.86. The van der Waals surface area contributed by atoms with Crippen LogP contribution in [0.3, 0.4) is 0 Å². The molecule has 0 spiro atoms. The van der Waals surface area contributed by atoms with Crippen molar-refractivity contribution in [3.8, 4) is 5.75 Å². The number of hydrogen-bond acceptors (Lipinski definition) is 3. The van der Waals surface area contributed by atoms with Crippen molar-refractivity contribution in [3.63, 3.8) is 0 Å². The molecule has 1 fully saturated rings. The standard InChI is InChI=1S/C16H22N2O4/c1-22-13-8-6-12(7-9-13)14-4-3-11-18(14)16(21)17-10-2-5-15(19)20/h6-9,14H,2-5,10-11H2,1H3,(H,17,21)(H,19,20). The highest BCUT2D eigenvalue weighted by molar-refractivity contribution is 5.75. The third kappa shape index (κ3) is 4.13. The van der Waals surface area contributed by atoms with Crippen molar-refractivity contribution < 1.29 is 19.4 Å². The minimum atomic E-state index is -0.841. The lowest BCUT2D eigenvalue weighted by Gasteiger charge is -2.25. The Morgan fingerprint density at radius 3 is 2.73 bits per heavy atom. The average molecular weight is 306 g/mol. The molecule has 6 heteroatoms. The molecule has 6 nitrogen and oxygen atoms in total. The maximum Gasteiger partial charge on any atom is 0.317 e. The number of urea groups is 1. The molecule has 1 heterocycles. The van der Waals surface area contributed by atoms with Gasteiger partial charge in [0.15, 0.2) is 0 Å². The number of nitrogens with zero attached hydrogens (tertiary/aromatic N) is 1. The van der Waals surface area contributed by atoms with E-state index in [1.807, 2.05) is 29.2 Å². The number of methoxy groups -OCH3 is 1. The number of hydrogen-bond donors (Lipinski definition) is 2. The molecule has 2 N–H and O–H groups in total. The number of carbonyl (C=O) groups is 2. The summed E-state index contributed by atoms with van der Waals surface area (Å²) in [6, 6.07) is 7.72. The van der Waals surface area contributed by atoms with Gasteiger partial charge in [0, 0.05) is 19.5 Å². The zero-order valence-electron chi connectivity index (χ0n) is 12.7. The Balaban J connectivity index is 1.91. The number of rotatable bonds is 6. The van der Waals surface area contributed by atoms with Crippen molar-refractivity contribution in [1.29, 1.82) is 0 Å². The van der Waals surface area contributed by atoms with E-state index in [0.29, 0.717) is 13.0 Å². The van der Waals surface area contributed by atoms with Gasteiger partial charge in [-0.1, -0.05) is 12.1 Å². The predicted molar refractivity (Wildman–Crippen MR) is 81.9 cm³/mol. The van der Waals surface area contributed by atoms with Crippen molar-refractivity contribution in [2.45, 2.75) is 31.7 Å². The number of carboxylic acids is 1. The Hall–Kier alpha value is -2.24. The fraction of sp³-hybridized carbons (Fsp3) is 0.500. The van der Waals surface area contributed by atoms with E-state index in [0.717, 1.165) is 30.7 Å². The van der Waals surface area contributed by atoms with Crippen LogP contribution in [0.2, 0.25) is 0 Å². The second-order valence-corrected chi connectivity index (χ2v) is 5.35. The molecule has 0 aliphatic carbocycles. The van der Waals surface area contributed by atoms with Gasteiger partial charge >= 0.3 is 12.0 Å². The van der Waals surface area contributed by atoms with Gasteiger partial charge in [0.25, 0.3) is 0 Å². The molecule has 0 saturated carbocycles. The summed E-state index contributed by atoms with van der Waals surface area (Å²) < 4.78 is 5.15. The minimum Gasteiger partial charge on any atom is -0.497 e. The molecule has 2 rings (SSSR count). The van der Waals surface area contributed by atoms with Crippen LogP contribution in [0.4, 0.5) is 4.79 Å². The van der Waals surface area contributed by atoms with Crippen LogP contribution in [0, 0.1) is 0 Å². The predicted octanol–water partition coefficient (Wildman–Crippen LogP) is 2.41. The van der Waals surface area contributed by atoms with Crippen molar-refractivity contribution in [2.75, 3.05) is 20.2 Å². The maximum absolute atomic E-state index is 12.2. The van der Waals surface area contributed by atoms with Crippen LogP contribution in [0.1, 0.15) is 37.3 Å². The highest BCUT2D eigenvalue weighted by Crippen LogP contribution is 2.32. The molecule has 1 atom stereocenters. The molecule has 1 aliphatic heterocycles. The van der Waals surface area contributed by atoms with E-state index in [-0.39, 0.29) is 18.5 Å². The Bertz CT molecular complexity index is 515. The van der Waals surface area contributed by atoms with Crippen LogP contribution in [0.15, 0.2) is 24.3 Å². The molecular formula is C16H22N2O4. The summed E-state index contributed by atoms with van der Waals surface area (Å²) in [5.41, 5.74) is 1.10. The maximum atomic E-state index is 12.2. The van der Waals surface area contributed by atoms with Gasteiger partial charge in [-0.15, -0.1) is 0 Å². The lowest BCUT2D eigenvalue weighted by Crippen LogP contribution is -2.39. The highest BCUT2D eigenvalue weighted by atomic mass is 16.5.